The lowest BCUT2D eigenvalue weighted by molar-refractivity contribution is -0.127. The van der Waals surface area contributed by atoms with Crippen molar-refractivity contribution in [1.82, 2.24) is 15.2 Å². The van der Waals surface area contributed by atoms with Gasteiger partial charge in [0.1, 0.15) is 10.7 Å². The molecular weight excluding hydrogens is 454 g/mol. The zero-order chi connectivity index (χ0) is 24.5. The number of hydrogen-bond acceptors (Lipinski definition) is 7. The Bertz CT molecular complexity index is 1040. The monoisotopic (exact) mass is 485 g/mol. The number of aryl methyl sites for hydroxylation is 2. The van der Waals surface area contributed by atoms with E-state index in [1.807, 2.05) is 29.2 Å². The highest BCUT2D eigenvalue weighted by atomic mass is 32.1. The second-order valence-corrected chi connectivity index (χ2v) is 9.14. The number of hydrogen-bond donors (Lipinski definition) is 5. The fraction of sp³-hybridized carbons (Fsp3) is 0.435. The molecule has 3 amide bonds. The third-order valence-electron chi connectivity index (χ3n) is 5.34. The predicted molar refractivity (Wildman–Crippen MR) is 133 cm³/mol. The van der Waals surface area contributed by atoms with E-state index in [0.717, 1.165) is 35.6 Å². The molecule has 1 aliphatic heterocycles. The SMILES string of the molecule is CC(=O)Nc1nc(CCc2ccc(NCC(=N)N)cc2)c(C(=O)NCCCN2CCCC2=O)s1. The molecule has 11 heteroatoms. The van der Waals surface area contributed by atoms with Gasteiger partial charge in [-0.15, -0.1) is 0 Å². The number of thiazole rings is 1. The smallest absolute Gasteiger partial charge is 0.263 e. The summed E-state index contributed by atoms with van der Waals surface area (Å²) < 4.78 is 0. The quantitative estimate of drug-likeness (QED) is 0.176. The van der Waals surface area contributed by atoms with Gasteiger partial charge in [0.25, 0.3) is 5.91 Å². The van der Waals surface area contributed by atoms with Crippen molar-refractivity contribution in [3.63, 3.8) is 0 Å². The number of nitrogens with two attached hydrogens (primary N) is 1. The Hall–Kier alpha value is -3.47. The summed E-state index contributed by atoms with van der Waals surface area (Å²) in [7, 11) is 0. The van der Waals surface area contributed by atoms with Crippen LogP contribution in [0.25, 0.3) is 0 Å². The van der Waals surface area contributed by atoms with Gasteiger partial charge in [0.2, 0.25) is 11.8 Å². The van der Waals surface area contributed by atoms with Gasteiger partial charge in [-0.25, -0.2) is 4.98 Å². The van der Waals surface area contributed by atoms with Crippen LogP contribution in [0.1, 0.15) is 47.1 Å². The highest BCUT2D eigenvalue weighted by molar-refractivity contribution is 7.17. The van der Waals surface area contributed by atoms with Crippen LogP contribution in [-0.2, 0) is 22.4 Å². The Morgan fingerprint density at radius 2 is 2.00 bits per heavy atom. The highest BCUT2D eigenvalue weighted by Crippen LogP contribution is 2.25. The molecule has 2 aromatic rings. The van der Waals surface area contributed by atoms with Gasteiger partial charge in [0, 0.05) is 38.7 Å². The van der Waals surface area contributed by atoms with Gasteiger partial charge in [-0.1, -0.05) is 23.5 Å². The molecule has 3 rings (SSSR count). The zero-order valence-electron chi connectivity index (χ0n) is 19.3. The second-order valence-electron chi connectivity index (χ2n) is 8.15. The van der Waals surface area contributed by atoms with E-state index in [1.165, 1.54) is 6.92 Å². The van der Waals surface area contributed by atoms with Crippen LogP contribution in [0.15, 0.2) is 24.3 Å². The lowest BCUT2D eigenvalue weighted by Crippen LogP contribution is -2.30. The van der Waals surface area contributed by atoms with Crippen LogP contribution in [0.4, 0.5) is 10.8 Å². The molecule has 1 aromatic heterocycles. The van der Waals surface area contributed by atoms with Crippen molar-refractivity contribution < 1.29 is 14.4 Å². The van der Waals surface area contributed by atoms with Crippen LogP contribution < -0.4 is 21.7 Å². The Morgan fingerprint density at radius 3 is 2.65 bits per heavy atom. The fourth-order valence-electron chi connectivity index (χ4n) is 3.64. The predicted octanol–water partition coefficient (Wildman–Crippen LogP) is 1.98. The van der Waals surface area contributed by atoms with Gasteiger partial charge in [-0.2, -0.15) is 0 Å². The molecule has 34 heavy (non-hydrogen) atoms. The molecule has 0 spiro atoms. The minimum Gasteiger partial charge on any atom is -0.386 e. The number of benzene rings is 1. The number of anilines is 2. The maximum Gasteiger partial charge on any atom is 0.263 e. The summed E-state index contributed by atoms with van der Waals surface area (Å²) in [4.78, 5) is 42.8. The summed E-state index contributed by atoms with van der Waals surface area (Å²) in [5, 5.41) is 16.3. The topological polar surface area (TPSA) is 153 Å². The number of amides is 3. The summed E-state index contributed by atoms with van der Waals surface area (Å²) in [5.41, 5.74) is 7.95. The molecule has 1 aliphatic rings. The van der Waals surface area contributed by atoms with Gasteiger partial charge in [-0.05, 0) is 43.4 Å². The van der Waals surface area contributed by atoms with E-state index in [9.17, 15) is 14.4 Å². The van der Waals surface area contributed by atoms with Crippen LogP contribution in [-0.4, -0.2) is 59.6 Å². The number of aromatic nitrogens is 1. The van der Waals surface area contributed by atoms with Crippen LogP contribution in [0.3, 0.4) is 0 Å². The minimum absolute atomic E-state index is 0.0675. The van der Waals surface area contributed by atoms with Crippen molar-refractivity contribution in [3.8, 4) is 0 Å². The first kappa shape index (κ1) is 25.2. The number of rotatable bonds is 12. The molecule has 1 aromatic carbocycles. The van der Waals surface area contributed by atoms with E-state index in [2.05, 4.69) is 20.9 Å². The van der Waals surface area contributed by atoms with E-state index >= 15 is 0 Å². The average Bonchev–Trinajstić information content (AvgIpc) is 3.39. The number of likely N-dealkylation sites (tertiary alicyclic amines) is 1. The van der Waals surface area contributed by atoms with Crippen molar-refractivity contribution in [2.24, 2.45) is 5.73 Å². The number of carbonyl (C=O) groups excluding carboxylic acids is 3. The van der Waals surface area contributed by atoms with E-state index in [0.29, 0.717) is 54.5 Å². The van der Waals surface area contributed by atoms with Crippen LogP contribution >= 0.6 is 11.3 Å². The summed E-state index contributed by atoms with van der Waals surface area (Å²) in [5.74, 6) is -0.214. The molecule has 1 fully saturated rings. The first-order valence-corrected chi connectivity index (χ1v) is 12.1. The van der Waals surface area contributed by atoms with E-state index in [4.69, 9.17) is 11.1 Å². The molecule has 0 atom stereocenters. The maximum absolute atomic E-state index is 12.8. The van der Waals surface area contributed by atoms with Crippen molar-refractivity contribution in [2.45, 2.75) is 39.0 Å². The van der Waals surface area contributed by atoms with Gasteiger partial charge >= 0.3 is 0 Å². The molecule has 10 nitrogen and oxygen atoms in total. The van der Waals surface area contributed by atoms with Gasteiger partial charge < -0.3 is 26.6 Å². The molecule has 0 radical (unpaired) electrons. The molecule has 2 heterocycles. The van der Waals surface area contributed by atoms with Crippen LogP contribution in [0, 0.1) is 5.41 Å². The Morgan fingerprint density at radius 1 is 1.24 bits per heavy atom. The Labute approximate surface area is 202 Å². The van der Waals surface area contributed by atoms with E-state index in [1.54, 1.807) is 0 Å². The third-order valence-corrected chi connectivity index (χ3v) is 6.35. The summed E-state index contributed by atoms with van der Waals surface area (Å²) in [6.07, 6.45) is 3.42. The van der Waals surface area contributed by atoms with Crippen molar-refractivity contribution in [1.29, 1.82) is 5.41 Å². The molecular formula is C23H31N7O3S. The molecule has 6 N–H and O–H groups in total. The van der Waals surface area contributed by atoms with E-state index in [-0.39, 0.29) is 30.1 Å². The Kier molecular flexibility index (Phi) is 8.97. The number of nitrogens with zero attached hydrogens (tertiary/aromatic N) is 2. The molecule has 182 valence electrons. The second kappa shape index (κ2) is 12.1. The van der Waals surface area contributed by atoms with Gasteiger partial charge in [0.15, 0.2) is 5.13 Å². The first-order valence-electron chi connectivity index (χ1n) is 11.3. The van der Waals surface area contributed by atoms with Crippen molar-refractivity contribution in [3.05, 3.63) is 40.4 Å². The molecule has 0 aliphatic carbocycles. The minimum atomic E-state index is -0.240. The zero-order valence-corrected chi connectivity index (χ0v) is 20.1. The third kappa shape index (κ3) is 7.55. The fourth-order valence-corrected chi connectivity index (χ4v) is 4.62. The molecule has 0 bridgehead atoms. The van der Waals surface area contributed by atoms with Gasteiger partial charge in [-0.3, -0.25) is 19.8 Å². The Balaban J connectivity index is 1.57. The summed E-state index contributed by atoms with van der Waals surface area (Å²) in [6, 6.07) is 7.79. The average molecular weight is 486 g/mol. The summed E-state index contributed by atoms with van der Waals surface area (Å²) >= 11 is 1.16. The van der Waals surface area contributed by atoms with Crippen molar-refractivity contribution >= 4 is 45.7 Å². The lowest BCUT2D eigenvalue weighted by Gasteiger charge is -2.15. The summed E-state index contributed by atoms with van der Waals surface area (Å²) in [6.45, 7) is 3.59. The van der Waals surface area contributed by atoms with Crippen LogP contribution in [0.2, 0.25) is 0 Å². The number of carbonyl (C=O) groups is 3. The highest BCUT2D eigenvalue weighted by Gasteiger charge is 2.21. The molecule has 0 unspecified atom stereocenters. The maximum atomic E-state index is 12.8. The molecule has 1 saturated heterocycles. The normalized spacial score (nSPS) is 13.1. The van der Waals surface area contributed by atoms with Crippen molar-refractivity contribution in [2.75, 3.05) is 36.8 Å². The first-order chi connectivity index (χ1) is 16.3. The standard InChI is InChI=1S/C23H31N7O3S/c1-15(31)28-23-29-18(10-7-16-5-8-17(9-6-16)27-14-19(24)25)21(34-23)22(33)26-11-3-13-30-12-2-4-20(30)32/h5-6,8-9,27H,2-4,7,10-14H2,1H3,(H3,24,25)(H,26,33)(H,28,29,31). The lowest BCUT2D eigenvalue weighted by atomic mass is 10.1. The van der Waals surface area contributed by atoms with E-state index < -0.39 is 0 Å². The number of nitrogens with one attached hydrogen (secondary N) is 4. The van der Waals surface area contributed by atoms with Gasteiger partial charge in [0.05, 0.1) is 12.2 Å². The largest absolute Gasteiger partial charge is 0.386 e. The van der Waals surface area contributed by atoms with Crippen LogP contribution in [0.5, 0.6) is 0 Å². The number of amidine groups is 1. The molecule has 0 saturated carbocycles.